The Balaban J connectivity index is 1.46. The average Bonchev–Trinajstić information content (AvgIpc) is 3.00. The maximum absolute atomic E-state index is 9.94. The first-order valence-corrected chi connectivity index (χ1v) is 7.96. The van der Waals surface area contributed by atoms with Gasteiger partial charge in [-0.15, -0.1) is 0 Å². The molecule has 1 atom stereocenters. The molecule has 1 saturated heterocycles. The van der Waals surface area contributed by atoms with Gasteiger partial charge in [-0.05, 0) is 62.6 Å². The zero-order valence-corrected chi connectivity index (χ0v) is 12.1. The second kappa shape index (κ2) is 6.59. The molecular formula is C17H25NO2. The normalized spacial score (nSPS) is 30.5. The number of aromatic hydroxyl groups is 1. The van der Waals surface area contributed by atoms with Crippen LogP contribution in [0.25, 0.3) is 0 Å². The van der Waals surface area contributed by atoms with Crippen LogP contribution in [0.2, 0.25) is 0 Å². The van der Waals surface area contributed by atoms with E-state index in [4.69, 9.17) is 4.74 Å². The van der Waals surface area contributed by atoms with Crippen molar-refractivity contribution >= 4 is 0 Å². The van der Waals surface area contributed by atoms with E-state index < -0.39 is 0 Å². The van der Waals surface area contributed by atoms with Crippen LogP contribution in [-0.2, 0) is 4.74 Å². The van der Waals surface area contributed by atoms with Crippen LogP contribution in [0.3, 0.4) is 0 Å². The summed E-state index contributed by atoms with van der Waals surface area (Å²) in [5.74, 6) is 0.952. The van der Waals surface area contributed by atoms with Crippen LogP contribution >= 0.6 is 0 Å². The average molecular weight is 275 g/mol. The van der Waals surface area contributed by atoms with Crippen LogP contribution in [0.1, 0.15) is 50.0 Å². The number of para-hydroxylation sites is 1. The molecule has 2 aliphatic rings. The molecule has 3 rings (SSSR count). The minimum absolute atomic E-state index is 0.416. The standard InChI is InChI=1S/C17H25NO2/c19-17-6-2-1-5-16(17)13-7-9-15(10-8-13)20-12-14-4-3-11-18-14/h1-2,5-6,13-15,18-19H,3-4,7-12H2. The molecule has 1 aliphatic heterocycles. The van der Waals surface area contributed by atoms with E-state index in [-0.39, 0.29) is 0 Å². The van der Waals surface area contributed by atoms with Crippen molar-refractivity contribution in [2.24, 2.45) is 0 Å². The van der Waals surface area contributed by atoms with Gasteiger partial charge in [0, 0.05) is 6.04 Å². The van der Waals surface area contributed by atoms with E-state index in [9.17, 15) is 5.11 Å². The lowest BCUT2D eigenvalue weighted by Crippen LogP contribution is -2.30. The molecule has 1 saturated carbocycles. The van der Waals surface area contributed by atoms with Crippen LogP contribution in [0.4, 0.5) is 0 Å². The first-order chi connectivity index (χ1) is 9.83. The van der Waals surface area contributed by atoms with Crippen LogP contribution in [0, 0.1) is 0 Å². The number of phenolic OH excluding ortho intramolecular Hbond substituents is 1. The van der Waals surface area contributed by atoms with Gasteiger partial charge in [-0.25, -0.2) is 0 Å². The molecular weight excluding hydrogens is 250 g/mol. The monoisotopic (exact) mass is 275 g/mol. The highest BCUT2D eigenvalue weighted by Gasteiger charge is 2.25. The minimum atomic E-state index is 0.416. The number of rotatable bonds is 4. The summed E-state index contributed by atoms with van der Waals surface area (Å²) in [6.07, 6.45) is 7.44. The third kappa shape index (κ3) is 3.33. The van der Waals surface area contributed by atoms with Gasteiger partial charge < -0.3 is 15.2 Å². The molecule has 1 aliphatic carbocycles. The summed E-state index contributed by atoms with van der Waals surface area (Å²) in [6.45, 7) is 2.01. The molecule has 0 amide bonds. The van der Waals surface area contributed by atoms with Crippen molar-refractivity contribution in [2.45, 2.75) is 56.6 Å². The molecule has 3 heteroatoms. The number of benzene rings is 1. The molecule has 0 aromatic heterocycles. The zero-order valence-electron chi connectivity index (χ0n) is 12.1. The van der Waals surface area contributed by atoms with E-state index in [1.165, 1.54) is 12.8 Å². The Hall–Kier alpha value is -1.06. The second-order valence-corrected chi connectivity index (χ2v) is 6.16. The van der Waals surface area contributed by atoms with Gasteiger partial charge >= 0.3 is 0 Å². The van der Waals surface area contributed by atoms with E-state index in [0.717, 1.165) is 44.4 Å². The van der Waals surface area contributed by atoms with E-state index >= 15 is 0 Å². The van der Waals surface area contributed by atoms with Crippen LogP contribution in [-0.4, -0.2) is 30.4 Å². The van der Waals surface area contributed by atoms with E-state index in [0.29, 0.717) is 23.8 Å². The fourth-order valence-electron chi connectivity index (χ4n) is 3.52. The molecule has 1 unspecified atom stereocenters. The molecule has 0 spiro atoms. The van der Waals surface area contributed by atoms with Crippen molar-refractivity contribution in [3.05, 3.63) is 29.8 Å². The van der Waals surface area contributed by atoms with Crippen LogP contribution in [0.5, 0.6) is 5.75 Å². The topological polar surface area (TPSA) is 41.5 Å². The Morgan fingerprint density at radius 3 is 2.60 bits per heavy atom. The summed E-state index contributed by atoms with van der Waals surface area (Å²) in [5, 5.41) is 13.4. The van der Waals surface area contributed by atoms with Crippen molar-refractivity contribution < 1.29 is 9.84 Å². The summed E-state index contributed by atoms with van der Waals surface area (Å²) >= 11 is 0. The maximum Gasteiger partial charge on any atom is 0.119 e. The van der Waals surface area contributed by atoms with Gasteiger partial charge in [0.2, 0.25) is 0 Å². The summed E-state index contributed by atoms with van der Waals surface area (Å²) < 4.78 is 6.06. The van der Waals surface area contributed by atoms with Gasteiger partial charge in [-0.3, -0.25) is 0 Å². The molecule has 2 fully saturated rings. The number of hydrogen-bond donors (Lipinski definition) is 2. The quantitative estimate of drug-likeness (QED) is 0.886. The molecule has 110 valence electrons. The molecule has 0 radical (unpaired) electrons. The Bertz CT molecular complexity index is 421. The van der Waals surface area contributed by atoms with Gasteiger partial charge in [0.05, 0.1) is 12.7 Å². The van der Waals surface area contributed by atoms with Crippen molar-refractivity contribution in [2.75, 3.05) is 13.2 Å². The Morgan fingerprint density at radius 1 is 1.10 bits per heavy atom. The Morgan fingerprint density at radius 2 is 1.90 bits per heavy atom. The van der Waals surface area contributed by atoms with E-state index in [2.05, 4.69) is 11.4 Å². The zero-order chi connectivity index (χ0) is 13.8. The second-order valence-electron chi connectivity index (χ2n) is 6.16. The van der Waals surface area contributed by atoms with E-state index in [1.807, 2.05) is 12.1 Å². The maximum atomic E-state index is 9.94. The highest BCUT2D eigenvalue weighted by atomic mass is 16.5. The molecule has 20 heavy (non-hydrogen) atoms. The molecule has 1 heterocycles. The molecule has 1 aromatic rings. The smallest absolute Gasteiger partial charge is 0.119 e. The first kappa shape index (κ1) is 13.9. The summed E-state index contributed by atoms with van der Waals surface area (Å²) in [5.41, 5.74) is 1.11. The Kier molecular flexibility index (Phi) is 4.58. The lowest BCUT2D eigenvalue weighted by Gasteiger charge is -2.30. The van der Waals surface area contributed by atoms with Crippen molar-refractivity contribution in [1.29, 1.82) is 0 Å². The number of ether oxygens (including phenoxy) is 1. The first-order valence-electron chi connectivity index (χ1n) is 7.96. The SMILES string of the molecule is Oc1ccccc1C1CCC(OCC2CCCN2)CC1. The van der Waals surface area contributed by atoms with Crippen molar-refractivity contribution in [1.82, 2.24) is 5.32 Å². The minimum Gasteiger partial charge on any atom is -0.508 e. The van der Waals surface area contributed by atoms with E-state index in [1.54, 1.807) is 6.07 Å². The molecule has 2 N–H and O–H groups in total. The molecule has 3 nitrogen and oxygen atoms in total. The predicted molar refractivity (Wildman–Crippen MR) is 80.1 cm³/mol. The van der Waals surface area contributed by atoms with Gasteiger partial charge in [0.25, 0.3) is 0 Å². The highest BCUT2D eigenvalue weighted by Crippen LogP contribution is 2.37. The lowest BCUT2D eigenvalue weighted by molar-refractivity contribution is 0.0148. The van der Waals surface area contributed by atoms with Crippen molar-refractivity contribution in [3.63, 3.8) is 0 Å². The number of phenols is 1. The van der Waals surface area contributed by atoms with Crippen LogP contribution in [0.15, 0.2) is 24.3 Å². The predicted octanol–water partition coefficient (Wildman–Crippen LogP) is 3.19. The lowest BCUT2D eigenvalue weighted by atomic mass is 9.82. The van der Waals surface area contributed by atoms with Gasteiger partial charge in [-0.2, -0.15) is 0 Å². The summed E-state index contributed by atoms with van der Waals surface area (Å²) in [4.78, 5) is 0. The summed E-state index contributed by atoms with van der Waals surface area (Å²) in [7, 11) is 0. The number of nitrogens with one attached hydrogen (secondary N) is 1. The fourth-order valence-corrected chi connectivity index (χ4v) is 3.52. The number of hydrogen-bond acceptors (Lipinski definition) is 3. The summed E-state index contributed by atoms with van der Waals surface area (Å²) in [6, 6.07) is 8.34. The van der Waals surface area contributed by atoms with Crippen LogP contribution < -0.4 is 5.32 Å². The fraction of sp³-hybridized carbons (Fsp3) is 0.647. The van der Waals surface area contributed by atoms with Gasteiger partial charge in [0.1, 0.15) is 5.75 Å². The van der Waals surface area contributed by atoms with Gasteiger partial charge in [0.15, 0.2) is 0 Å². The Labute approximate surface area is 121 Å². The van der Waals surface area contributed by atoms with Crippen molar-refractivity contribution in [3.8, 4) is 5.75 Å². The third-order valence-corrected chi connectivity index (χ3v) is 4.75. The largest absolute Gasteiger partial charge is 0.508 e. The van der Waals surface area contributed by atoms with Gasteiger partial charge in [-0.1, -0.05) is 18.2 Å². The molecule has 0 bridgehead atoms. The highest BCUT2D eigenvalue weighted by molar-refractivity contribution is 5.35. The third-order valence-electron chi connectivity index (χ3n) is 4.75. The molecule has 1 aromatic carbocycles.